The zero-order chi connectivity index (χ0) is 13.1. The van der Waals surface area contributed by atoms with E-state index >= 15 is 0 Å². The van der Waals surface area contributed by atoms with E-state index in [9.17, 15) is 4.79 Å². The van der Waals surface area contributed by atoms with Gasteiger partial charge in [-0.05, 0) is 45.8 Å². The van der Waals surface area contributed by atoms with Crippen molar-refractivity contribution in [2.75, 3.05) is 33.7 Å². The minimum Gasteiger partial charge on any atom is -0.305 e. The van der Waals surface area contributed by atoms with Crippen molar-refractivity contribution >= 4 is 5.78 Å². The van der Waals surface area contributed by atoms with Crippen LogP contribution in [-0.4, -0.2) is 55.4 Å². The van der Waals surface area contributed by atoms with Gasteiger partial charge in [-0.25, -0.2) is 0 Å². The first-order valence-corrected chi connectivity index (χ1v) is 7.51. The van der Waals surface area contributed by atoms with Crippen molar-refractivity contribution in [3.8, 4) is 0 Å². The van der Waals surface area contributed by atoms with Crippen molar-refractivity contribution in [2.45, 2.75) is 45.1 Å². The summed E-state index contributed by atoms with van der Waals surface area (Å²) in [7, 11) is 4.32. The van der Waals surface area contributed by atoms with Gasteiger partial charge in [0.05, 0.1) is 0 Å². The number of hydrogen-bond acceptors (Lipinski definition) is 3. The van der Waals surface area contributed by atoms with Gasteiger partial charge in [0.15, 0.2) is 0 Å². The number of carbonyl (C=O) groups excluding carboxylic acids is 1. The van der Waals surface area contributed by atoms with Gasteiger partial charge in [0.25, 0.3) is 0 Å². The number of rotatable bonds is 4. The Balaban J connectivity index is 1.83. The molecule has 0 aromatic carbocycles. The van der Waals surface area contributed by atoms with Crippen LogP contribution >= 0.6 is 0 Å². The van der Waals surface area contributed by atoms with Crippen LogP contribution in [-0.2, 0) is 4.79 Å². The third-order valence-electron chi connectivity index (χ3n) is 4.91. The zero-order valence-corrected chi connectivity index (χ0v) is 12.2. The Kier molecular flexibility index (Phi) is 4.79. The van der Waals surface area contributed by atoms with E-state index in [4.69, 9.17) is 0 Å². The first-order valence-electron chi connectivity index (χ1n) is 7.51. The van der Waals surface area contributed by atoms with Crippen LogP contribution < -0.4 is 0 Å². The predicted molar refractivity (Wildman–Crippen MR) is 74.7 cm³/mol. The maximum absolute atomic E-state index is 12.0. The second-order valence-electron chi connectivity index (χ2n) is 6.38. The molecule has 0 amide bonds. The van der Waals surface area contributed by atoms with Crippen molar-refractivity contribution in [1.29, 1.82) is 0 Å². The van der Waals surface area contributed by atoms with Crippen LogP contribution in [0.15, 0.2) is 0 Å². The van der Waals surface area contributed by atoms with Gasteiger partial charge in [0, 0.05) is 31.5 Å². The Hall–Kier alpha value is -0.410. The quantitative estimate of drug-likeness (QED) is 0.765. The highest BCUT2D eigenvalue weighted by molar-refractivity contribution is 5.81. The molecule has 0 aromatic rings. The average molecular weight is 252 g/mol. The number of hydrogen-bond donors (Lipinski definition) is 0. The molecule has 2 rings (SSSR count). The summed E-state index contributed by atoms with van der Waals surface area (Å²) in [6.07, 6.45) is 5.59. The molecule has 3 heteroatoms. The second-order valence-corrected chi connectivity index (χ2v) is 6.38. The van der Waals surface area contributed by atoms with E-state index in [1.54, 1.807) is 0 Å². The Morgan fingerprint density at radius 1 is 1.33 bits per heavy atom. The van der Waals surface area contributed by atoms with Gasteiger partial charge in [-0.2, -0.15) is 0 Å². The van der Waals surface area contributed by atoms with Crippen LogP contribution in [0.5, 0.6) is 0 Å². The summed E-state index contributed by atoms with van der Waals surface area (Å²) in [4.78, 5) is 16.8. The summed E-state index contributed by atoms with van der Waals surface area (Å²) in [6, 6.07) is 0.686. The van der Waals surface area contributed by atoms with Gasteiger partial charge in [0.2, 0.25) is 0 Å². The molecule has 0 bridgehead atoms. The van der Waals surface area contributed by atoms with Gasteiger partial charge < -0.3 is 9.80 Å². The lowest BCUT2D eigenvalue weighted by atomic mass is 9.79. The van der Waals surface area contributed by atoms with Crippen LogP contribution in [0, 0.1) is 11.8 Å². The average Bonchev–Trinajstić information content (AvgIpc) is 2.81. The van der Waals surface area contributed by atoms with Gasteiger partial charge in [0.1, 0.15) is 5.78 Å². The molecule has 0 spiro atoms. The normalized spacial score (nSPS) is 34.4. The minimum absolute atomic E-state index is 0.324. The summed E-state index contributed by atoms with van der Waals surface area (Å²) in [6.45, 7) is 5.59. The molecule has 3 unspecified atom stereocenters. The summed E-state index contributed by atoms with van der Waals surface area (Å²) in [5, 5.41) is 0. The lowest BCUT2D eigenvalue weighted by Gasteiger charge is -2.30. The lowest BCUT2D eigenvalue weighted by Crippen LogP contribution is -2.37. The molecule has 1 heterocycles. The Morgan fingerprint density at radius 2 is 2.11 bits per heavy atom. The Morgan fingerprint density at radius 3 is 2.72 bits per heavy atom. The number of ketones is 1. The maximum atomic E-state index is 12.0. The van der Waals surface area contributed by atoms with E-state index in [0.717, 1.165) is 38.3 Å². The summed E-state index contributed by atoms with van der Waals surface area (Å²) in [5.74, 6) is 1.64. The molecule has 0 N–H and O–H groups in total. The van der Waals surface area contributed by atoms with Crippen molar-refractivity contribution < 1.29 is 4.79 Å². The molecule has 1 aliphatic heterocycles. The predicted octanol–water partition coefficient (Wildman–Crippen LogP) is 2.02. The molecule has 2 fully saturated rings. The van der Waals surface area contributed by atoms with Crippen LogP contribution in [0.3, 0.4) is 0 Å². The molecule has 1 aliphatic carbocycles. The van der Waals surface area contributed by atoms with Gasteiger partial charge in [-0.15, -0.1) is 0 Å². The third-order valence-corrected chi connectivity index (χ3v) is 4.91. The smallest absolute Gasteiger partial charge is 0.137 e. The molecule has 0 radical (unpaired) electrons. The van der Waals surface area contributed by atoms with Crippen LogP contribution in [0.25, 0.3) is 0 Å². The molecule has 3 atom stereocenters. The summed E-state index contributed by atoms with van der Waals surface area (Å²) in [5.41, 5.74) is 0. The standard InChI is InChI=1S/C15H28N2O/c1-4-12-5-6-15(18)13(9-12)10-17-8-7-14(11-17)16(2)3/h12-14H,4-11H2,1-3H3. The van der Waals surface area contributed by atoms with Crippen LogP contribution in [0.4, 0.5) is 0 Å². The SMILES string of the molecule is CCC1CCC(=O)C(CN2CCC(N(C)C)C2)C1. The highest BCUT2D eigenvalue weighted by Gasteiger charge is 2.32. The van der Waals surface area contributed by atoms with Crippen molar-refractivity contribution in [2.24, 2.45) is 11.8 Å². The van der Waals surface area contributed by atoms with Crippen LogP contribution in [0.1, 0.15) is 39.0 Å². The molecule has 2 aliphatic rings. The molecule has 104 valence electrons. The monoisotopic (exact) mass is 252 g/mol. The molecule has 3 nitrogen and oxygen atoms in total. The number of likely N-dealkylation sites (tertiary alicyclic amines) is 1. The first kappa shape index (κ1) is 14.0. The molecule has 1 saturated carbocycles. The van der Waals surface area contributed by atoms with E-state index in [1.165, 1.54) is 19.4 Å². The largest absolute Gasteiger partial charge is 0.305 e. The molecular weight excluding hydrogens is 224 g/mol. The van der Waals surface area contributed by atoms with Crippen molar-refractivity contribution in [3.05, 3.63) is 0 Å². The van der Waals surface area contributed by atoms with Crippen LogP contribution in [0.2, 0.25) is 0 Å². The third kappa shape index (κ3) is 3.33. The van der Waals surface area contributed by atoms with Gasteiger partial charge >= 0.3 is 0 Å². The van der Waals surface area contributed by atoms with E-state index in [1.807, 2.05) is 0 Å². The van der Waals surface area contributed by atoms with E-state index < -0.39 is 0 Å². The summed E-state index contributed by atoms with van der Waals surface area (Å²) < 4.78 is 0. The molecule has 18 heavy (non-hydrogen) atoms. The minimum atomic E-state index is 0.324. The molecule has 1 saturated heterocycles. The molecule has 0 aromatic heterocycles. The van der Waals surface area contributed by atoms with Crippen molar-refractivity contribution in [1.82, 2.24) is 9.80 Å². The summed E-state index contributed by atoms with van der Waals surface area (Å²) >= 11 is 0. The van der Waals surface area contributed by atoms with E-state index in [0.29, 0.717) is 17.7 Å². The van der Waals surface area contributed by atoms with E-state index in [2.05, 4.69) is 30.8 Å². The lowest BCUT2D eigenvalue weighted by molar-refractivity contribution is -0.126. The number of carbonyl (C=O) groups is 1. The zero-order valence-electron chi connectivity index (χ0n) is 12.2. The van der Waals surface area contributed by atoms with Gasteiger partial charge in [-0.1, -0.05) is 13.3 Å². The number of Topliss-reactive ketones (excluding diaryl/α,β-unsaturated/α-hetero) is 1. The second kappa shape index (κ2) is 6.16. The number of likely N-dealkylation sites (N-methyl/N-ethyl adjacent to an activating group) is 1. The van der Waals surface area contributed by atoms with Crippen molar-refractivity contribution in [3.63, 3.8) is 0 Å². The van der Waals surface area contributed by atoms with Gasteiger partial charge in [-0.3, -0.25) is 4.79 Å². The highest BCUT2D eigenvalue weighted by atomic mass is 16.1. The topological polar surface area (TPSA) is 23.6 Å². The fraction of sp³-hybridized carbons (Fsp3) is 0.933. The fourth-order valence-corrected chi connectivity index (χ4v) is 3.46. The van der Waals surface area contributed by atoms with E-state index in [-0.39, 0.29) is 0 Å². The highest BCUT2D eigenvalue weighted by Crippen LogP contribution is 2.30. The first-order chi connectivity index (χ1) is 8.60. The maximum Gasteiger partial charge on any atom is 0.137 e. The molecular formula is C15H28N2O. The Labute approximate surface area is 112 Å². The Bertz CT molecular complexity index is 290. The fourth-order valence-electron chi connectivity index (χ4n) is 3.46. The number of nitrogens with zero attached hydrogens (tertiary/aromatic N) is 2.